The van der Waals surface area contributed by atoms with E-state index in [-0.39, 0.29) is 0 Å². The van der Waals surface area contributed by atoms with E-state index in [1.807, 2.05) is 32.2 Å². The lowest BCUT2D eigenvalue weighted by Gasteiger charge is -2.15. The zero-order valence-electron chi connectivity index (χ0n) is 16.3. The summed E-state index contributed by atoms with van der Waals surface area (Å²) in [6, 6.07) is 7.02. The molecule has 0 aliphatic carbocycles. The van der Waals surface area contributed by atoms with Gasteiger partial charge in [-0.3, -0.25) is 0 Å². The van der Waals surface area contributed by atoms with Crippen LogP contribution >= 0.6 is 11.3 Å². The van der Waals surface area contributed by atoms with Crippen LogP contribution in [0.15, 0.2) is 40.4 Å². The Morgan fingerprint density at radius 2 is 1.93 bits per heavy atom. The number of nitrogens with one attached hydrogen (secondary N) is 2. The molecule has 0 saturated carbocycles. The lowest BCUT2D eigenvalue weighted by atomic mass is 10.2. The maximum Gasteiger partial charge on any atom is 0.243 e. The van der Waals surface area contributed by atoms with Crippen LogP contribution in [0.2, 0.25) is 0 Å². The molecule has 0 atom stereocenters. The molecular formula is C19H27N5O2S2. The van der Waals surface area contributed by atoms with Crippen molar-refractivity contribution < 1.29 is 8.42 Å². The lowest BCUT2D eigenvalue weighted by molar-refractivity contribution is 0.477. The highest BCUT2D eigenvalue weighted by Crippen LogP contribution is 2.21. The van der Waals surface area contributed by atoms with Crippen LogP contribution in [-0.2, 0) is 23.1 Å². The van der Waals surface area contributed by atoms with Gasteiger partial charge in [-0.15, -0.1) is 11.3 Å². The molecule has 9 heteroatoms. The molecule has 0 unspecified atom stereocenters. The second kappa shape index (κ2) is 9.49. The zero-order valence-corrected chi connectivity index (χ0v) is 17.9. The Bertz CT molecular complexity index is 901. The van der Waals surface area contributed by atoms with Crippen molar-refractivity contribution in [1.82, 2.24) is 19.9 Å². The van der Waals surface area contributed by atoms with Crippen molar-refractivity contribution in [2.75, 3.05) is 19.6 Å². The molecule has 3 rings (SSSR count). The maximum absolute atomic E-state index is 12.6. The van der Waals surface area contributed by atoms with E-state index < -0.39 is 10.0 Å². The van der Waals surface area contributed by atoms with Crippen molar-refractivity contribution in [2.45, 2.75) is 44.7 Å². The number of hydrogen-bond donors (Lipinski definition) is 2. The van der Waals surface area contributed by atoms with Gasteiger partial charge in [0.15, 0.2) is 5.96 Å². The van der Waals surface area contributed by atoms with Gasteiger partial charge in [0.1, 0.15) is 5.01 Å². The third-order valence-corrected chi connectivity index (χ3v) is 7.29. The lowest BCUT2D eigenvalue weighted by Crippen LogP contribution is -2.36. The Labute approximate surface area is 171 Å². The number of nitrogens with zero attached hydrogens (tertiary/aromatic N) is 3. The van der Waals surface area contributed by atoms with Crippen molar-refractivity contribution in [3.8, 4) is 0 Å². The fourth-order valence-corrected chi connectivity index (χ4v) is 5.24. The predicted octanol–water partition coefficient (Wildman–Crippen LogP) is 2.49. The molecule has 1 aromatic carbocycles. The minimum Gasteiger partial charge on any atom is -0.357 e. The van der Waals surface area contributed by atoms with E-state index >= 15 is 0 Å². The average molecular weight is 422 g/mol. The van der Waals surface area contributed by atoms with Crippen molar-refractivity contribution in [2.24, 2.45) is 4.99 Å². The van der Waals surface area contributed by atoms with Crippen molar-refractivity contribution in [3.63, 3.8) is 0 Å². The Kier molecular flexibility index (Phi) is 7.03. The van der Waals surface area contributed by atoms with Gasteiger partial charge < -0.3 is 10.6 Å². The van der Waals surface area contributed by atoms with Crippen molar-refractivity contribution in [1.29, 1.82) is 0 Å². The van der Waals surface area contributed by atoms with Gasteiger partial charge in [0.2, 0.25) is 10.0 Å². The van der Waals surface area contributed by atoms with E-state index in [1.54, 1.807) is 27.8 Å². The maximum atomic E-state index is 12.6. The molecule has 1 saturated heterocycles. The summed E-state index contributed by atoms with van der Waals surface area (Å²) in [7, 11) is -3.37. The Balaban J connectivity index is 1.62. The molecular weight excluding hydrogens is 394 g/mol. The summed E-state index contributed by atoms with van der Waals surface area (Å²) in [4.78, 5) is 10.5. The Morgan fingerprint density at radius 3 is 2.54 bits per heavy atom. The van der Waals surface area contributed by atoms with Crippen LogP contribution in [0, 0.1) is 6.92 Å². The number of sulfonamides is 1. The number of thiazole rings is 1. The van der Waals surface area contributed by atoms with E-state index in [1.165, 1.54) is 4.88 Å². The van der Waals surface area contributed by atoms with Crippen LogP contribution in [0.4, 0.5) is 0 Å². The molecule has 2 aromatic rings. The summed E-state index contributed by atoms with van der Waals surface area (Å²) in [6.07, 6.45) is 3.74. The van der Waals surface area contributed by atoms with Gasteiger partial charge in [-0.2, -0.15) is 4.31 Å². The van der Waals surface area contributed by atoms with Crippen LogP contribution in [0.25, 0.3) is 0 Å². The monoisotopic (exact) mass is 421 g/mol. The summed E-state index contributed by atoms with van der Waals surface area (Å²) in [5.74, 6) is 0.712. The summed E-state index contributed by atoms with van der Waals surface area (Å²) in [5.41, 5.74) is 0.961. The molecule has 28 heavy (non-hydrogen) atoms. The minimum absolute atomic E-state index is 0.353. The van der Waals surface area contributed by atoms with Crippen molar-refractivity contribution in [3.05, 3.63) is 45.9 Å². The highest BCUT2D eigenvalue weighted by molar-refractivity contribution is 7.89. The SMILES string of the molecule is CCNC(=NCc1ccc(S(=O)(=O)N2CCCC2)cc1)NCc1ncc(C)s1. The van der Waals surface area contributed by atoms with Gasteiger partial charge in [-0.05, 0) is 44.4 Å². The summed E-state index contributed by atoms with van der Waals surface area (Å²) in [5, 5.41) is 7.51. The van der Waals surface area contributed by atoms with Crippen molar-refractivity contribution >= 4 is 27.3 Å². The summed E-state index contributed by atoms with van der Waals surface area (Å²) >= 11 is 1.66. The van der Waals surface area contributed by atoms with Gasteiger partial charge in [-0.1, -0.05) is 12.1 Å². The number of aryl methyl sites for hydroxylation is 1. The predicted molar refractivity (Wildman–Crippen MR) is 113 cm³/mol. The number of hydrogen-bond acceptors (Lipinski definition) is 5. The van der Waals surface area contributed by atoms with E-state index in [9.17, 15) is 8.42 Å². The van der Waals surface area contributed by atoms with Gasteiger partial charge in [-0.25, -0.2) is 18.4 Å². The molecule has 0 amide bonds. The van der Waals surface area contributed by atoms with Gasteiger partial charge >= 0.3 is 0 Å². The van der Waals surface area contributed by atoms with E-state index in [0.717, 1.165) is 30.0 Å². The quantitative estimate of drug-likeness (QED) is 0.530. The number of rotatable bonds is 7. The number of guanidine groups is 1. The average Bonchev–Trinajstić information content (AvgIpc) is 3.36. The first-order valence-corrected chi connectivity index (χ1v) is 11.8. The van der Waals surface area contributed by atoms with Gasteiger partial charge in [0.05, 0.1) is 18.0 Å². The molecule has 1 aliphatic heterocycles. The first kappa shape index (κ1) is 20.8. The molecule has 1 aliphatic rings. The zero-order chi connectivity index (χ0) is 20.0. The Morgan fingerprint density at radius 1 is 1.21 bits per heavy atom. The van der Waals surface area contributed by atoms with Crippen LogP contribution in [0.3, 0.4) is 0 Å². The second-order valence-corrected chi connectivity index (χ2v) is 9.93. The minimum atomic E-state index is -3.37. The number of benzene rings is 1. The second-order valence-electron chi connectivity index (χ2n) is 6.67. The first-order chi connectivity index (χ1) is 13.5. The van der Waals surface area contributed by atoms with Crippen LogP contribution < -0.4 is 10.6 Å². The van der Waals surface area contributed by atoms with Crippen LogP contribution in [0.1, 0.15) is 35.2 Å². The highest BCUT2D eigenvalue weighted by Gasteiger charge is 2.26. The molecule has 0 radical (unpaired) electrons. The van der Waals surface area contributed by atoms with E-state index in [4.69, 9.17) is 0 Å². The fourth-order valence-electron chi connectivity index (χ4n) is 3.00. The number of aliphatic imine (C=N–C) groups is 1. The molecule has 7 nitrogen and oxygen atoms in total. The highest BCUT2D eigenvalue weighted by atomic mass is 32.2. The smallest absolute Gasteiger partial charge is 0.243 e. The van der Waals surface area contributed by atoms with E-state index in [2.05, 4.69) is 20.6 Å². The van der Waals surface area contributed by atoms with Gasteiger partial charge in [0.25, 0.3) is 0 Å². The third-order valence-electron chi connectivity index (χ3n) is 4.47. The van der Waals surface area contributed by atoms with Crippen LogP contribution in [-0.4, -0.2) is 43.3 Å². The molecule has 152 valence electrons. The molecule has 2 N–H and O–H groups in total. The topological polar surface area (TPSA) is 86.7 Å². The third kappa shape index (κ3) is 5.30. The Hall–Kier alpha value is -1.97. The molecule has 1 aromatic heterocycles. The largest absolute Gasteiger partial charge is 0.357 e. The standard InChI is InChI=1S/C19H27N5O2S2/c1-3-20-19(23-14-18-21-12-15(2)27-18)22-13-16-6-8-17(9-7-16)28(25,26)24-10-4-5-11-24/h6-9,12H,3-5,10-11,13-14H2,1-2H3,(H2,20,22,23). The molecule has 0 spiro atoms. The van der Waals surface area contributed by atoms with E-state index in [0.29, 0.717) is 37.0 Å². The van der Waals surface area contributed by atoms with Crippen LogP contribution in [0.5, 0.6) is 0 Å². The summed E-state index contributed by atoms with van der Waals surface area (Å²) in [6.45, 7) is 7.13. The molecule has 2 heterocycles. The molecule has 0 bridgehead atoms. The fraction of sp³-hybridized carbons (Fsp3) is 0.474. The van der Waals surface area contributed by atoms with Gasteiger partial charge in [0, 0.05) is 30.7 Å². The normalized spacial score (nSPS) is 15.7. The number of aromatic nitrogens is 1. The first-order valence-electron chi connectivity index (χ1n) is 9.51. The molecule has 1 fully saturated rings. The summed E-state index contributed by atoms with van der Waals surface area (Å²) < 4.78 is 26.7.